The van der Waals surface area contributed by atoms with Crippen LogP contribution >= 0.6 is 23.2 Å². The number of benzene rings is 2. The van der Waals surface area contributed by atoms with Crippen LogP contribution in [0.2, 0.25) is 10.0 Å². The van der Waals surface area contributed by atoms with Gasteiger partial charge in [-0.2, -0.15) is 0 Å². The van der Waals surface area contributed by atoms with E-state index in [1.807, 2.05) is 0 Å². The van der Waals surface area contributed by atoms with E-state index in [2.05, 4.69) is 0 Å². The second-order valence-corrected chi connectivity index (χ2v) is 4.81. The molecule has 7 heteroatoms. The Morgan fingerprint density at radius 1 is 1.25 bits per heavy atom. The van der Waals surface area contributed by atoms with E-state index in [-0.39, 0.29) is 18.0 Å². The van der Waals surface area contributed by atoms with Gasteiger partial charge in [-0.15, -0.1) is 0 Å². The van der Waals surface area contributed by atoms with Crippen molar-refractivity contribution in [3.8, 4) is 5.75 Å². The molecular weight excluding hydrogens is 303 g/mol. The van der Waals surface area contributed by atoms with Crippen molar-refractivity contribution in [2.75, 3.05) is 5.73 Å². The van der Waals surface area contributed by atoms with E-state index in [0.29, 0.717) is 21.4 Å². The smallest absolute Gasteiger partial charge is 0.292 e. The first-order chi connectivity index (χ1) is 9.49. The summed E-state index contributed by atoms with van der Waals surface area (Å²) in [6.07, 6.45) is 0. The van der Waals surface area contributed by atoms with E-state index >= 15 is 0 Å². The van der Waals surface area contributed by atoms with E-state index in [9.17, 15) is 10.1 Å². The summed E-state index contributed by atoms with van der Waals surface area (Å²) in [5, 5.41) is 11.7. The van der Waals surface area contributed by atoms with Gasteiger partial charge in [0.05, 0.1) is 9.95 Å². The highest BCUT2D eigenvalue weighted by Crippen LogP contribution is 2.30. The first-order valence-corrected chi connectivity index (χ1v) is 6.34. The van der Waals surface area contributed by atoms with Crippen molar-refractivity contribution in [1.82, 2.24) is 0 Å². The van der Waals surface area contributed by atoms with Crippen LogP contribution < -0.4 is 10.5 Å². The van der Waals surface area contributed by atoms with Gasteiger partial charge in [-0.3, -0.25) is 10.1 Å². The van der Waals surface area contributed by atoms with E-state index in [1.54, 1.807) is 30.3 Å². The molecule has 20 heavy (non-hydrogen) atoms. The molecule has 0 radical (unpaired) electrons. The lowest BCUT2D eigenvalue weighted by Gasteiger charge is -2.10. The maximum absolute atomic E-state index is 10.8. The van der Waals surface area contributed by atoms with Crippen molar-refractivity contribution in [1.29, 1.82) is 0 Å². The summed E-state index contributed by atoms with van der Waals surface area (Å²) < 4.78 is 5.50. The maximum Gasteiger partial charge on any atom is 0.292 e. The van der Waals surface area contributed by atoms with Crippen molar-refractivity contribution in [3.63, 3.8) is 0 Å². The quantitative estimate of drug-likeness (QED) is 0.524. The predicted octanol–water partition coefficient (Wildman–Crippen LogP) is 4.06. The first-order valence-electron chi connectivity index (χ1n) is 5.58. The molecule has 5 nitrogen and oxygen atoms in total. The number of anilines is 1. The van der Waals surface area contributed by atoms with Crippen molar-refractivity contribution >= 4 is 34.6 Å². The fraction of sp³-hybridized carbons (Fsp3) is 0.0769. The number of rotatable bonds is 4. The second kappa shape index (κ2) is 5.98. The third-order valence-electron chi connectivity index (χ3n) is 2.65. The molecular formula is C13H10Cl2N2O3. The Labute approximate surface area is 125 Å². The molecule has 2 rings (SSSR count). The van der Waals surface area contributed by atoms with Gasteiger partial charge in [-0.25, -0.2) is 0 Å². The number of nitro groups is 1. The molecule has 2 N–H and O–H groups in total. The topological polar surface area (TPSA) is 78.4 Å². The van der Waals surface area contributed by atoms with E-state index in [0.717, 1.165) is 0 Å². The van der Waals surface area contributed by atoms with Crippen molar-refractivity contribution in [2.45, 2.75) is 6.61 Å². The molecule has 0 heterocycles. The molecule has 0 unspecified atom stereocenters. The zero-order valence-electron chi connectivity index (χ0n) is 10.2. The Morgan fingerprint density at radius 3 is 2.70 bits per heavy atom. The molecule has 0 spiro atoms. The van der Waals surface area contributed by atoms with Crippen LogP contribution in [0.3, 0.4) is 0 Å². The van der Waals surface area contributed by atoms with Crippen LogP contribution in [0.5, 0.6) is 5.75 Å². The fourth-order valence-electron chi connectivity index (χ4n) is 1.63. The summed E-state index contributed by atoms with van der Waals surface area (Å²) in [6, 6.07) is 9.35. The van der Waals surface area contributed by atoms with Gasteiger partial charge in [-0.05, 0) is 12.1 Å². The van der Waals surface area contributed by atoms with Crippen LogP contribution in [-0.2, 0) is 6.61 Å². The number of nitrogens with zero attached hydrogens (tertiary/aromatic N) is 1. The summed E-state index contributed by atoms with van der Waals surface area (Å²) in [5.41, 5.74) is 6.17. The third-order valence-corrected chi connectivity index (χ3v) is 3.19. The van der Waals surface area contributed by atoms with Crippen molar-refractivity contribution in [3.05, 3.63) is 62.1 Å². The number of nitrogens with two attached hydrogens (primary N) is 1. The van der Waals surface area contributed by atoms with Crippen LogP contribution in [0.4, 0.5) is 11.4 Å². The van der Waals surface area contributed by atoms with Gasteiger partial charge in [0.2, 0.25) is 0 Å². The Kier molecular flexibility index (Phi) is 4.32. The number of halogens is 2. The van der Waals surface area contributed by atoms with Gasteiger partial charge >= 0.3 is 0 Å². The largest absolute Gasteiger partial charge is 0.487 e. The zero-order chi connectivity index (χ0) is 14.7. The monoisotopic (exact) mass is 312 g/mol. The van der Waals surface area contributed by atoms with E-state index in [4.69, 9.17) is 33.7 Å². The summed E-state index contributed by atoms with van der Waals surface area (Å²) in [4.78, 5) is 10.3. The van der Waals surface area contributed by atoms with E-state index in [1.165, 1.54) is 6.07 Å². The highest BCUT2D eigenvalue weighted by Gasteiger charge is 2.14. The first kappa shape index (κ1) is 14.4. The molecule has 0 aromatic heterocycles. The van der Waals surface area contributed by atoms with Crippen molar-refractivity contribution < 1.29 is 9.66 Å². The van der Waals surface area contributed by atoms with Gasteiger partial charge in [-0.1, -0.05) is 35.3 Å². The summed E-state index contributed by atoms with van der Waals surface area (Å²) >= 11 is 11.8. The summed E-state index contributed by atoms with van der Waals surface area (Å²) in [6.45, 7) is 0.0631. The fourth-order valence-corrected chi connectivity index (χ4v) is 1.96. The molecule has 0 aliphatic heterocycles. The van der Waals surface area contributed by atoms with Gasteiger partial charge in [0.1, 0.15) is 18.0 Å². The Balaban J connectivity index is 2.21. The molecule has 0 saturated heterocycles. The van der Waals surface area contributed by atoms with Crippen LogP contribution in [0.25, 0.3) is 0 Å². The molecule has 0 saturated carbocycles. The average molecular weight is 313 g/mol. The molecule has 2 aromatic carbocycles. The molecule has 0 fully saturated rings. The third kappa shape index (κ3) is 3.12. The molecule has 0 aliphatic carbocycles. The summed E-state index contributed by atoms with van der Waals surface area (Å²) in [7, 11) is 0. The minimum atomic E-state index is -0.537. The van der Waals surface area contributed by atoms with Gasteiger partial charge < -0.3 is 10.5 Å². The molecule has 0 bridgehead atoms. The van der Waals surface area contributed by atoms with Crippen LogP contribution in [0.15, 0.2) is 36.4 Å². The lowest BCUT2D eigenvalue weighted by molar-refractivity contribution is -0.384. The molecule has 0 atom stereocenters. The average Bonchev–Trinajstić information content (AvgIpc) is 2.41. The molecule has 0 aliphatic rings. The Bertz CT molecular complexity index is 662. The lowest BCUT2D eigenvalue weighted by atomic mass is 10.1. The zero-order valence-corrected chi connectivity index (χ0v) is 11.7. The normalized spacial score (nSPS) is 10.3. The number of nitrogen functional groups attached to an aromatic ring is 1. The number of ether oxygens (including phenoxy) is 1. The van der Waals surface area contributed by atoms with Gasteiger partial charge in [0.15, 0.2) is 0 Å². The standard InChI is InChI=1S/C13H10Cl2N2O3/c14-9-4-5-10(15)12(6-9)20-7-8-2-1-3-11(13(8)16)17(18)19/h1-6H,7,16H2. The second-order valence-electron chi connectivity index (χ2n) is 3.97. The van der Waals surface area contributed by atoms with Crippen molar-refractivity contribution in [2.24, 2.45) is 0 Å². The molecule has 2 aromatic rings. The number of para-hydroxylation sites is 1. The predicted molar refractivity (Wildman–Crippen MR) is 78.3 cm³/mol. The molecule has 0 amide bonds. The highest BCUT2D eigenvalue weighted by molar-refractivity contribution is 6.34. The Hall–Kier alpha value is -1.98. The lowest BCUT2D eigenvalue weighted by Crippen LogP contribution is -2.03. The van der Waals surface area contributed by atoms with Crippen LogP contribution in [-0.4, -0.2) is 4.92 Å². The van der Waals surface area contributed by atoms with E-state index < -0.39 is 4.92 Å². The maximum atomic E-state index is 10.8. The van der Waals surface area contributed by atoms with Gasteiger partial charge in [0, 0.05) is 22.7 Å². The Morgan fingerprint density at radius 2 is 2.00 bits per heavy atom. The highest BCUT2D eigenvalue weighted by atomic mass is 35.5. The number of nitro benzene ring substituents is 1. The number of hydrogen-bond acceptors (Lipinski definition) is 4. The van der Waals surface area contributed by atoms with Gasteiger partial charge in [0.25, 0.3) is 5.69 Å². The van der Waals surface area contributed by atoms with Crippen LogP contribution in [0, 0.1) is 10.1 Å². The van der Waals surface area contributed by atoms with Crippen LogP contribution in [0.1, 0.15) is 5.56 Å². The minimum Gasteiger partial charge on any atom is -0.487 e. The molecule has 104 valence electrons. The number of hydrogen-bond donors (Lipinski definition) is 1. The minimum absolute atomic E-state index is 0.0631. The summed E-state index contributed by atoms with van der Waals surface area (Å²) in [5.74, 6) is 0.394. The SMILES string of the molecule is Nc1c(COc2cc(Cl)ccc2Cl)cccc1[N+](=O)[O-].